The zero-order chi connectivity index (χ0) is 27.1. The van der Waals surface area contributed by atoms with E-state index in [9.17, 15) is 35.5 Å². The Balaban J connectivity index is 1.82. The lowest BCUT2D eigenvalue weighted by Crippen LogP contribution is -2.47. The Bertz CT molecular complexity index is 992. The Morgan fingerprint density at radius 3 is 2.42 bits per heavy atom. The quantitative estimate of drug-likeness (QED) is 0.512. The smallest absolute Gasteiger partial charge is 0.369 e. The molecule has 3 heterocycles. The molecule has 0 radical (unpaired) electrons. The van der Waals surface area contributed by atoms with E-state index in [-0.39, 0.29) is 42.7 Å². The molecule has 36 heavy (non-hydrogen) atoms. The number of carbonyl (C=O) groups is 1. The first-order chi connectivity index (χ1) is 16.5. The molecule has 2 atom stereocenters. The average Bonchev–Trinajstić information content (AvgIpc) is 2.78. The molecular formula is C23H30F7N5O. The van der Waals surface area contributed by atoms with Crippen LogP contribution >= 0.6 is 0 Å². The molecule has 2 aliphatic rings. The van der Waals surface area contributed by atoms with Crippen molar-refractivity contribution < 1.29 is 35.5 Å². The van der Waals surface area contributed by atoms with Gasteiger partial charge in [0, 0.05) is 56.7 Å². The van der Waals surface area contributed by atoms with Gasteiger partial charge in [0.25, 0.3) is 5.92 Å². The number of likely N-dealkylation sites (tertiary alicyclic amines) is 1. The van der Waals surface area contributed by atoms with Crippen LogP contribution in [-0.2, 0) is 29.6 Å². The van der Waals surface area contributed by atoms with Gasteiger partial charge in [0.1, 0.15) is 5.69 Å². The van der Waals surface area contributed by atoms with Crippen LogP contribution in [0.4, 0.5) is 30.7 Å². The van der Waals surface area contributed by atoms with Gasteiger partial charge >= 0.3 is 12.1 Å². The summed E-state index contributed by atoms with van der Waals surface area (Å²) in [5.74, 6) is -10.8. The highest BCUT2D eigenvalue weighted by Gasteiger charge is 2.61. The number of nitrogens with zero attached hydrogens (tertiary/aromatic N) is 4. The number of nitrogens with one attached hydrogen (secondary N) is 1. The van der Waals surface area contributed by atoms with Gasteiger partial charge in [-0.2, -0.15) is 30.7 Å². The van der Waals surface area contributed by atoms with Crippen LogP contribution in [0.15, 0.2) is 12.3 Å². The SMILES string of the molecule is C=C(C[C@@H](CN1C[C@H](C)CCC1=O)NC)N1CCc2c(nc(C(F)(F)C(F)(F)F)nc2C(C)(F)F)C1. The third-order valence-corrected chi connectivity index (χ3v) is 6.63. The van der Waals surface area contributed by atoms with Crippen LogP contribution in [0.25, 0.3) is 0 Å². The first-order valence-electron chi connectivity index (χ1n) is 11.7. The topological polar surface area (TPSA) is 61.4 Å². The first-order valence-corrected chi connectivity index (χ1v) is 11.7. The van der Waals surface area contributed by atoms with E-state index >= 15 is 0 Å². The van der Waals surface area contributed by atoms with Gasteiger partial charge in [0.05, 0.1) is 12.2 Å². The minimum absolute atomic E-state index is 0.0497. The molecule has 1 aromatic rings. The van der Waals surface area contributed by atoms with E-state index in [0.29, 0.717) is 44.5 Å². The summed E-state index contributed by atoms with van der Waals surface area (Å²) in [4.78, 5) is 22.0. The Hall–Kier alpha value is -2.44. The summed E-state index contributed by atoms with van der Waals surface area (Å²) in [5, 5.41) is 3.12. The molecule has 1 aromatic heterocycles. The van der Waals surface area contributed by atoms with Crippen LogP contribution in [0.3, 0.4) is 0 Å². The van der Waals surface area contributed by atoms with Gasteiger partial charge in [0.15, 0.2) is 0 Å². The standard InChI is InChI=1S/C23H30F7N5O/c1-13-5-6-18(36)35(10-13)11-15(31-4)9-14(2)34-8-7-16-17(12-34)32-20(22(26,27)23(28,29)30)33-19(16)21(3,24)25/h13,15,31H,2,5-12H2,1,3-4H3/t13-,15+/m1/s1. The van der Waals surface area contributed by atoms with Crippen molar-refractivity contribution >= 4 is 5.91 Å². The maximum Gasteiger partial charge on any atom is 0.461 e. The molecule has 202 valence electrons. The number of piperidine rings is 1. The van der Waals surface area contributed by atoms with Crippen molar-refractivity contribution in [1.82, 2.24) is 25.1 Å². The predicted molar refractivity (Wildman–Crippen MR) is 117 cm³/mol. The number of alkyl halides is 7. The molecule has 0 spiro atoms. The summed E-state index contributed by atoms with van der Waals surface area (Å²) in [6.45, 7) is 7.43. The van der Waals surface area contributed by atoms with Crippen LogP contribution in [0, 0.1) is 5.92 Å². The van der Waals surface area contributed by atoms with E-state index in [1.807, 2.05) is 0 Å². The molecule has 2 aliphatic heterocycles. The van der Waals surface area contributed by atoms with Crippen molar-refractivity contribution in [1.29, 1.82) is 0 Å². The molecule has 1 fully saturated rings. The van der Waals surface area contributed by atoms with Gasteiger partial charge in [-0.25, -0.2) is 9.97 Å². The highest BCUT2D eigenvalue weighted by molar-refractivity contribution is 5.77. The fourth-order valence-electron chi connectivity index (χ4n) is 4.54. The van der Waals surface area contributed by atoms with Crippen LogP contribution in [-0.4, -0.2) is 64.6 Å². The maximum absolute atomic E-state index is 14.2. The highest BCUT2D eigenvalue weighted by atomic mass is 19.4. The molecule has 3 rings (SSSR count). The molecule has 0 saturated carbocycles. The number of amides is 1. The van der Waals surface area contributed by atoms with E-state index < -0.39 is 29.5 Å². The summed E-state index contributed by atoms with van der Waals surface area (Å²) in [6, 6.07) is -0.195. The van der Waals surface area contributed by atoms with Gasteiger partial charge in [-0.3, -0.25) is 4.79 Å². The second kappa shape index (κ2) is 10.1. The fraction of sp³-hybridized carbons (Fsp3) is 0.696. The molecule has 6 nitrogen and oxygen atoms in total. The minimum atomic E-state index is -6.04. The predicted octanol–water partition coefficient (Wildman–Crippen LogP) is 4.35. The zero-order valence-electron chi connectivity index (χ0n) is 20.4. The largest absolute Gasteiger partial charge is 0.461 e. The molecule has 1 amide bonds. The lowest BCUT2D eigenvalue weighted by atomic mass is 9.97. The van der Waals surface area contributed by atoms with Crippen LogP contribution in [0.5, 0.6) is 0 Å². The minimum Gasteiger partial charge on any atom is -0.369 e. The third kappa shape index (κ3) is 5.92. The molecule has 1 N–H and O–H groups in total. The van der Waals surface area contributed by atoms with Crippen molar-refractivity contribution in [2.75, 3.05) is 26.7 Å². The number of carbonyl (C=O) groups excluding carboxylic acids is 1. The van der Waals surface area contributed by atoms with Gasteiger partial charge in [0.2, 0.25) is 11.7 Å². The van der Waals surface area contributed by atoms with Crippen molar-refractivity contribution in [3.8, 4) is 0 Å². The molecule has 0 bridgehead atoms. The van der Waals surface area contributed by atoms with Crippen molar-refractivity contribution in [2.24, 2.45) is 5.92 Å². The highest BCUT2D eigenvalue weighted by Crippen LogP contribution is 2.44. The van der Waals surface area contributed by atoms with Gasteiger partial charge in [-0.1, -0.05) is 13.5 Å². The van der Waals surface area contributed by atoms with Crippen LogP contribution in [0.1, 0.15) is 55.9 Å². The van der Waals surface area contributed by atoms with E-state index in [4.69, 9.17) is 0 Å². The van der Waals surface area contributed by atoms with Gasteiger partial charge in [-0.05, 0) is 25.8 Å². The molecule has 0 aliphatic carbocycles. The zero-order valence-corrected chi connectivity index (χ0v) is 20.4. The van der Waals surface area contributed by atoms with Gasteiger partial charge in [-0.15, -0.1) is 0 Å². The van der Waals surface area contributed by atoms with E-state index in [1.165, 1.54) is 0 Å². The normalized spacial score (nSPS) is 20.4. The number of rotatable bonds is 8. The summed E-state index contributed by atoms with van der Waals surface area (Å²) in [7, 11) is 1.72. The van der Waals surface area contributed by atoms with Crippen molar-refractivity contribution in [2.45, 2.75) is 70.1 Å². The Kier molecular flexibility index (Phi) is 7.92. The molecular weight excluding hydrogens is 495 g/mol. The van der Waals surface area contributed by atoms with E-state index in [0.717, 1.165) is 6.42 Å². The number of hydrogen-bond donors (Lipinski definition) is 1. The van der Waals surface area contributed by atoms with Gasteiger partial charge < -0.3 is 15.1 Å². The summed E-state index contributed by atoms with van der Waals surface area (Å²) < 4.78 is 95.1. The van der Waals surface area contributed by atoms with E-state index in [2.05, 4.69) is 28.8 Å². The first kappa shape index (κ1) is 28.1. The third-order valence-electron chi connectivity index (χ3n) is 6.63. The number of likely N-dealkylation sites (N-methyl/N-ethyl adjacent to an activating group) is 1. The molecule has 0 unspecified atom stereocenters. The molecule has 13 heteroatoms. The number of aromatic nitrogens is 2. The lowest BCUT2D eigenvalue weighted by molar-refractivity contribution is -0.292. The summed E-state index contributed by atoms with van der Waals surface area (Å²) in [5.41, 5.74) is -1.05. The van der Waals surface area contributed by atoms with Crippen molar-refractivity contribution in [3.63, 3.8) is 0 Å². The Labute approximate surface area is 204 Å². The summed E-state index contributed by atoms with van der Waals surface area (Å²) >= 11 is 0. The number of hydrogen-bond acceptors (Lipinski definition) is 5. The van der Waals surface area contributed by atoms with E-state index in [1.54, 1.807) is 16.8 Å². The summed E-state index contributed by atoms with van der Waals surface area (Å²) in [6.07, 6.45) is -4.47. The number of halogens is 7. The van der Waals surface area contributed by atoms with Crippen molar-refractivity contribution in [3.05, 3.63) is 35.1 Å². The van der Waals surface area contributed by atoms with Crippen LogP contribution in [0.2, 0.25) is 0 Å². The number of fused-ring (bicyclic) bond motifs is 1. The second-order valence-electron chi connectivity index (χ2n) is 9.65. The Morgan fingerprint density at radius 2 is 1.83 bits per heavy atom. The maximum atomic E-state index is 14.2. The lowest BCUT2D eigenvalue weighted by Gasteiger charge is -2.37. The van der Waals surface area contributed by atoms with Crippen LogP contribution < -0.4 is 5.32 Å². The molecule has 1 saturated heterocycles. The second-order valence-corrected chi connectivity index (χ2v) is 9.65. The average molecular weight is 526 g/mol. The fourth-order valence-corrected chi connectivity index (χ4v) is 4.54. The molecule has 0 aromatic carbocycles. The Morgan fingerprint density at radius 1 is 1.17 bits per heavy atom. The monoisotopic (exact) mass is 525 g/mol.